The van der Waals surface area contributed by atoms with E-state index in [4.69, 9.17) is 9.47 Å². The van der Waals surface area contributed by atoms with Crippen molar-refractivity contribution in [2.24, 2.45) is 5.92 Å². The maximum atomic E-state index is 14.5. The van der Waals surface area contributed by atoms with Gasteiger partial charge in [0.05, 0.1) is 29.9 Å². The summed E-state index contributed by atoms with van der Waals surface area (Å²) in [6.45, 7) is 2.35. The fraction of sp³-hybridized carbons (Fsp3) is 0.350. The quantitative estimate of drug-likeness (QED) is 0.768. The van der Waals surface area contributed by atoms with E-state index in [0.29, 0.717) is 25.2 Å². The Kier molecular flexibility index (Phi) is 6.18. The summed E-state index contributed by atoms with van der Waals surface area (Å²) in [5.41, 5.74) is 0.333. The number of methoxy groups -OCH3 is 1. The monoisotopic (exact) mass is 425 g/mol. The van der Waals surface area contributed by atoms with E-state index in [-0.39, 0.29) is 33.6 Å². The number of sulfone groups is 1. The zero-order chi connectivity index (χ0) is 21.2. The first kappa shape index (κ1) is 21.2. The van der Waals surface area contributed by atoms with Gasteiger partial charge in [-0.1, -0.05) is 0 Å². The predicted molar refractivity (Wildman–Crippen MR) is 103 cm³/mol. The van der Waals surface area contributed by atoms with Crippen LogP contribution in [0.15, 0.2) is 35.2 Å². The Balaban J connectivity index is 1.94. The molecule has 1 fully saturated rings. The van der Waals surface area contributed by atoms with Crippen molar-refractivity contribution in [1.29, 1.82) is 0 Å². The number of hydrogen-bond acceptors (Lipinski definition) is 5. The molecular formula is C20H21F2NO5S. The molecule has 1 N–H and O–H groups in total. The number of ether oxygens (including phenoxy) is 2. The van der Waals surface area contributed by atoms with E-state index in [1.165, 1.54) is 32.2 Å². The number of aryl methyl sites for hydroxylation is 1. The minimum Gasteiger partial charge on any atom is -0.493 e. The highest BCUT2D eigenvalue weighted by Crippen LogP contribution is 2.29. The van der Waals surface area contributed by atoms with Crippen LogP contribution in [0.1, 0.15) is 22.3 Å². The first-order valence-electron chi connectivity index (χ1n) is 8.97. The lowest BCUT2D eigenvalue weighted by atomic mass is 10.1. The highest BCUT2D eigenvalue weighted by Gasteiger charge is 2.28. The number of amides is 1. The van der Waals surface area contributed by atoms with Crippen LogP contribution < -0.4 is 10.1 Å². The number of carbonyl (C=O) groups excluding carboxylic acids is 1. The molecule has 1 aliphatic heterocycles. The smallest absolute Gasteiger partial charge is 0.259 e. The van der Waals surface area contributed by atoms with Gasteiger partial charge in [0.15, 0.2) is 21.4 Å². The number of hydrogen-bond donors (Lipinski definition) is 1. The van der Waals surface area contributed by atoms with Crippen molar-refractivity contribution >= 4 is 21.4 Å². The Morgan fingerprint density at radius 2 is 2.00 bits per heavy atom. The van der Waals surface area contributed by atoms with Crippen molar-refractivity contribution in [2.45, 2.75) is 18.2 Å². The average Bonchev–Trinajstić information content (AvgIpc) is 3.16. The maximum absolute atomic E-state index is 14.5. The molecule has 29 heavy (non-hydrogen) atoms. The summed E-state index contributed by atoms with van der Waals surface area (Å²) in [6, 6.07) is 5.90. The Bertz CT molecular complexity index is 1030. The molecule has 0 unspecified atom stereocenters. The molecule has 1 saturated heterocycles. The second kappa shape index (κ2) is 8.46. The molecule has 3 rings (SSSR count). The van der Waals surface area contributed by atoms with Crippen LogP contribution in [-0.2, 0) is 14.6 Å². The third-order valence-electron chi connectivity index (χ3n) is 4.72. The molecule has 0 aromatic heterocycles. The lowest BCUT2D eigenvalue weighted by Gasteiger charge is -2.14. The molecular weight excluding hydrogens is 404 g/mol. The van der Waals surface area contributed by atoms with E-state index in [1.54, 1.807) is 0 Å². The first-order valence-corrected chi connectivity index (χ1v) is 10.6. The summed E-state index contributed by atoms with van der Waals surface area (Å²) in [4.78, 5) is 12.4. The van der Waals surface area contributed by atoms with E-state index < -0.39 is 27.4 Å². The standard InChI is InChI=1S/C20H21F2NO5S/c1-12-7-14(3-4-17(12)21)23-20(24)16-8-15(9-18(22)19(16)27-2)29(25,26)11-13-5-6-28-10-13/h3-4,7-9,13H,5-6,10-11H2,1-2H3,(H,23,24)/t13-/m0/s1. The number of anilines is 1. The van der Waals surface area contributed by atoms with Crippen molar-refractivity contribution in [3.05, 3.63) is 53.1 Å². The normalized spacial score (nSPS) is 16.6. The number of carbonyl (C=O) groups is 1. The summed E-state index contributed by atoms with van der Waals surface area (Å²) < 4.78 is 63.6. The lowest BCUT2D eigenvalue weighted by molar-refractivity contribution is 0.102. The van der Waals surface area contributed by atoms with Crippen LogP contribution in [0.5, 0.6) is 5.75 Å². The zero-order valence-electron chi connectivity index (χ0n) is 16.0. The number of rotatable bonds is 6. The van der Waals surface area contributed by atoms with Gasteiger partial charge >= 0.3 is 0 Å². The summed E-state index contributed by atoms with van der Waals surface area (Å²) in [5.74, 6) is -2.91. The van der Waals surface area contributed by atoms with Gasteiger partial charge in [0, 0.05) is 12.3 Å². The molecule has 1 atom stereocenters. The molecule has 1 heterocycles. The van der Waals surface area contributed by atoms with Crippen LogP contribution in [0.3, 0.4) is 0 Å². The van der Waals surface area contributed by atoms with Crippen LogP contribution in [0.2, 0.25) is 0 Å². The summed E-state index contributed by atoms with van der Waals surface area (Å²) >= 11 is 0. The number of nitrogens with one attached hydrogen (secondary N) is 1. The molecule has 0 radical (unpaired) electrons. The molecule has 0 aliphatic carbocycles. The molecule has 2 aromatic carbocycles. The van der Waals surface area contributed by atoms with Gasteiger partial charge in [-0.05, 0) is 55.2 Å². The van der Waals surface area contributed by atoms with Gasteiger partial charge in [-0.15, -0.1) is 0 Å². The van der Waals surface area contributed by atoms with Crippen molar-refractivity contribution in [2.75, 3.05) is 31.4 Å². The zero-order valence-corrected chi connectivity index (χ0v) is 16.8. The Labute approximate surface area is 167 Å². The Morgan fingerprint density at radius 1 is 1.24 bits per heavy atom. The number of halogens is 2. The van der Waals surface area contributed by atoms with Gasteiger partial charge in [-0.3, -0.25) is 4.79 Å². The van der Waals surface area contributed by atoms with E-state index >= 15 is 0 Å². The molecule has 0 saturated carbocycles. The summed E-state index contributed by atoms with van der Waals surface area (Å²) in [6.07, 6.45) is 0.606. The average molecular weight is 425 g/mol. The molecule has 9 heteroatoms. The third kappa shape index (κ3) is 4.73. The summed E-state index contributed by atoms with van der Waals surface area (Å²) in [5, 5.41) is 2.51. The van der Waals surface area contributed by atoms with Crippen LogP contribution in [0.25, 0.3) is 0 Å². The molecule has 0 spiro atoms. The largest absolute Gasteiger partial charge is 0.493 e. The van der Waals surface area contributed by atoms with Crippen molar-refractivity contribution in [3.8, 4) is 5.75 Å². The second-order valence-electron chi connectivity index (χ2n) is 6.92. The van der Waals surface area contributed by atoms with Crippen LogP contribution in [-0.4, -0.2) is 40.4 Å². The van der Waals surface area contributed by atoms with Crippen LogP contribution in [0, 0.1) is 24.5 Å². The third-order valence-corrected chi connectivity index (χ3v) is 6.58. The van der Waals surface area contributed by atoms with Gasteiger partial charge in [0.25, 0.3) is 5.91 Å². The minimum atomic E-state index is -3.84. The van der Waals surface area contributed by atoms with E-state index in [0.717, 1.165) is 12.1 Å². The van der Waals surface area contributed by atoms with Crippen LogP contribution >= 0.6 is 0 Å². The van der Waals surface area contributed by atoms with Crippen molar-refractivity contribution in [1.82, 2.24) is 0 Å². The molecule has 2 aromatic rings. The van der Waals surface area contributed by atoms with Gasteiger partial charge in [-0.2, -0.15) is 0 Å². The SMILES string of the molecule is COc1c(F)cc(S(=O)(=O)C[C@H]2CCOC2)cc1C(=O)Nc1ccc(F)c(C)c1. The topological polar surface area (TPSA) is 81.7 Å². The van der Waals surface area contributed by atoms with Gasteiger partial charge < -0.3 is 14.8 Å². The highest BCUT2D eigenvalue weighted by atomic mass is 32.2. The van der Waals surface area contributed by atoms with Crippen LogP contribution in [0.4, 0.5) is 14.5 Å². The fourth-order valence-corrected chi connectivity index (χ4v) is 4.82. The van der Waals surface area contributed by atoms with Gasteiger partial charge in [-0.25, -0.2) is 17.2 Å². The molecule has 0 bridgehead atoms. The molecule has 1 amide bonds. The first-order chi connectivity index (χ1) is 13.7. The molecule has 1 aliphatic rings. The lowest BCUT2D eigenvalue weighted by Crippen LogP contribution is -2.19. The molecule has 6 nitrogen and oxygen atoms in total. The van der Waals surface area contributed by atoms with Gasteiger partial charge in [0.2, 0.25) is 0 Å². The van der Waals surface area contributed by atoms with Crippen molar-refractivity contribution in [3.63, 3.8) is 0 Å². The predicted octanol–water partition coefficient (Wildman–Crippen LogP) is 3.34. The number of benzene rings is 2. The Morgan fingerprint density at radius 3 is 2.62 bits per heavy atom. The minimum absolute atomic E-state index is 0.176. The van der Waals surface area contributed by atoms with E-state index in [2.05, 4.69) is 5.32 Å². The van der Waals surface area contributed by atoms with Gasteiger partial charge in [0.1, 0.15) is 5.82 Å². The van der Waals surface area contributed by atoms with Crippen molar-refractivity contribution < 1.29 is 31.5 Å². The summed E-state index contributed by atoms with van der Waals surface area (Å²) in [7, 11) is -2.66. The highest BCUT2D eigenvalue weighted by molar-refractivity contribution is 7.91. The Hall–Kier alpha value is -2.52. The van der Waals surface area contributed by atoms with E-state index in [1.807, 2.05) is 0 Å². The maximum Gasteiger partial charge on any atom is 0.259 e. The second-order valence-corrected chi connectivity index (χ2v) is 8.95. The van der Waals surface area contributed by atoms with E-state index in [9.17, 15) is 22.0 Å². The fourth-order valence-electron chi connectivity index (χ4n) is 3.17. The molecule has 156 valence electrons.